The SMILES string of the molecule is CC1(C)OB(c2cc(-c3ccc(-c4nc(-c5ccccc5)nc(-c5ccccc5)n4)cc3)c3sc4c(-c5ccccc5)cccc4c3c2)OC1(C)C. The first-order valence-corrected chi connectivity index (χ1v) is 18.4. The van der Waals surface area contributed by atoms with Gasteiger partial charge in [0, 0.05) is 36.9 Å². The molecule has 0 saturated carbocycles. The van der Waals surface area contributed by atoms with Crippen molar-refractivity contribution >= 4 is 44.1 Å². The Morgan fingerprint density at radius 3 is 1.42 bits per heavy atom. The average molecular weight is 694 g/mol. The molecule has 6 aromatic carbocycles. The van der Waals surface area contributed by atoms with Gasteiger partial charge in [-0.25, -0.2) is 15.0 Å². The van der Waals surface area contributed by atoms with E-state index in [0.717, 1.165) is 33.3 Å². The Morgan fingerprint density at radius 2 is 0.885 bits per heavy atom. The molecule has 0 bridgehead atoms. The number of hydrogen-bond acceptors (Lipinski definition) is 6. The number of benzene rings is 6. The number of hydrogen-bond donors (Lipinski definition) is 0. The maximum Gasteiger partial charge on any atom is 0.494 e. The summed E-state index contributed by atoms with van der Waals surface area (Å²) in [6, 6.07) is 50.5. The van der Waals surface area contributed by atoms with E-state index in [9.17, 15) is 0 Å². The van der Waals surface area contributed by atoms with Gasteiger partial charge in [0.1, 0.15) is 0 Å². The minimum Gasteiger partial charge on any atom is -0.399 e. The molecule has 9 rings (SSSR count). The summed E-state index contributed by atoms with van der Waals surface area (Å²) >= 11 is 1.84. The van der Waals surface area contributed by atoms with Gasteiger partial charge in [-0.05, 0) is 55.4 Å². The van der Waals surface area contributed by atoms with Crippen LogP contribution in [0.1, 0.15) is 27.7 Å². The van der Waals surface area contributed by atoms with E-state index in [-0.39, 0.29) is 0 Å². The summed E-state index contributed by atoms with van der Waals surface area (Å²) in [5.41, 5.74) is 7.59. The highest BCUT2D eigenvalue weighted by Gasteiger charge is 2.51. The van der Waals surface area contributed by atoms with Crippen LogP contribution in [0.4, 0.5) is 0 Å². The lowest BCUT2D eigenvalue weighted by Crippen LogP contribution is -2.41. The summed E-state index contributed by atoms with van der Waals surface area (Å²) in [6.45, 7) is 8.41. The minimum atomic E-state index is -0.488. The molecule has 1 aliphatic heterocycles. The Kier molecular flexibility index (Phi) is 7.88. The molecule has 0 N–H and O–H groups in total. The molecule has 0 spiro atoms. The quantitative estimate of drug-likeness (QED) is 0.162. The third-order valence-corrected chi connectivity index (χ3v) is 11.7. The van der Waals surface area contributed by atoms with Crippen molar-refractivity contribution in [2.45, 2.75) is 38.9 Å². The first-order chi connectivity index (χ1) is 25.2. The monoisotopic (exact) mass is 693 g/mol. The van der Waals surface area contributed by atoms with Crippen LogP contribution in [-0.4, -0.2) is 33.3 Å². The zero-order valence-corrected chi connectivity index (χ0v) is 30.3. The highest BCUT2D eigenvalue weighted by atomic mass is 32.1. The highest BCUT2D eigenvalue weighted by molar-refractivity contribution is 7.27. The fourth-order valence-electron chi connectivity index (χ4n) is 6.83. The van der Waals surface area contributed by atoms with Gasteiger partial charge in [0.2, 0.25) is 0 Å². The van der Waals surface area contributed by atoms with Gasteiger partial charge in [0.15, 0.2) is 17.5 Å². The lowest BCUT2D eigenvalue weighted by Gasteiger charge is -2.32. The molecule has 7 heteroatoms. The van der Waals surface area contributed by atoms with Gasteiger partial charge in [-0.3, -0.25) is 0 Å². The molecule has 8 aromatic rings. The van der Waals surface area contributed by atoms with E-state index in [1.807, 2.05) is 72.0 Å². The van der Waals surface area contributed by atoms with Crippen LogP contribution in [-0.2, 0) is 9.31 Å². The van der Waals surface area contributed by atoms with E-state index in [1.165, 1.54) is 31.3 Å². The van der Waals surface area contributed by atoms with Crippen molar-refractivity contribution < 1.29 is 9.31 Å². The fraction of sp³-hybridized carbons (Fsp3) is 0.133. The Labute approximate surface area is 308 Å². The normalized spacial score (nSPS) is 15.0. The molecular formula is C45H36BN3O2S. The number of nitrogens with zero attached hydrogens (tertiary/aromatic N) is 3. The molecule has 0 radical (unpaired) electrons. The van der Waals surface area contributed by atoms with Gasteiger partial charge in [-0.15, -0.1) is 11.3 Å². The van der Waals surface area contributed by atoms with Crippen LogP contribution in [0.25, 0.3) is 76.6 Å². The molecule has 0 aliphatic carbocycles. The summed E-state index contributed by atoms with van der Waals surface area (Å²) < 4.78 is 15.7. The van der Waals surface area contributed by atoms with Crippen molar-refractivity contribution in [1.82, 2.24) is 15.0 Å². The molecule has 252 valence electrons. The van der Waals surface area contributed by atoms with E-state index in [1.54, 1.807) is 0 Å². The van der Waals surface area contributed by atoms with Crippen molar-refractivity contribution in [2.75, 3.05) is 0 Å². The largest absolute Gasteiger partial charge is 0.494 e. The summed E-state index contributed by atoms with van der Waals surface area (Å²) in [7, 11) is -0.488. The first-order valence-electron chi connectivity index (χ1n) is 17.6. The van der Waals surface area contributed by atoms with Crippen LogP contribution < -0.4 is 5.46 Å². The predicted octanol–water partition coefficient (Wildman–Crippen LogP) is 10.9. The van der Waals surface area contributed by atoms with Crippen LogP contribution in [0, 0.1) is 0 Å². The minimum absolute atomic E-state index is 0.451. The van der Waals surface area contributed by atoms with Crippen molar-refractivity contribution in [1.29, 1.82) is 0 Å². The molecule has 0 unspecified atom stereocenters. The molecule has 1 fully saturated rings. The van der Waals surface area contributed by atoms with Crippen LogP contribution >= 0.6 is 11.3 Å². The lowest BCUT2D eigenvalue weighted by atomic mass is 9.77. The molecule has 1 aliphatic rings. The summed E-state index contributed by atoms with van der Waals surface area (Å²) in [6.07, 6.45) is 0. The second-order valence-corrected chi connectivity index (χ2v) is 15.3. The lowest BCUT2D eigenvalue weighted by molar-refractivity contribution is 0.00578. The Hall–Kier alpha value is -5.47. The predicted molar refractivity (Wildman–Crippen MR) is 216 cm³/mol. The highest BCUT2D eigenvalue weighted by Crippen LogP contribution is 2.44. The number of rotatable bonds is 6. The van der Waals surface area contributed by atoms with Gasteiger partial charge in [-0.2, -0.15) is 0 Å². The number of aromatic nitrogens is 3. The van der Waals surface area contributed by atoms with Crippen LogP contribution in [0.15, 0.2) is 146 Å². The summed E-state index contributed by atoms with van der Waals surface area (Å²) in [5, 5.41) is 2.42. The molecule has 0 atom stereocenters. The Morgan fingerprint density at radius 1 is 0.442 bits per heavy atom. The zero-order chi connectivity index (χ0) is 35.5. The first kappa shape index (κ1) is 32.4. The molecule has 0 amide bonds. The molecule has 1 saturated heterocycles. The van der Waals surface area contributed by atoms with Gasteiger partial charge >= 0.3 is 7.12 Å². The second kappa shape index (κ2) is 12.6. The van der Waals surface area contributed by atoms with E-state index < -0.39 is 18.3 Å². The number of thiophene rings is 1. The third kappa shape index (κ3) is 5.71. The molecule has 3 heterocycles. The van der Waals surface area contributed by atoms with E-state index in [0.29, 0.717) is 17.5 Å². The maximum atomic E-state index is 6.60. The molecular weight excluding hydrogens is 657 g/mol. The summed E-state index contributed by atoms with van der Waals surface area (Å²) in [5.74, 6) is 1.92. The van der Waals surface area contributed by atoms with Crippen molar-refractivity contribution in [3.05, 3.63) is 146 Å². The van der Waals surface area contributed by atoms with E-state index in [4.69, 9.17) is 24.3 Å². The van der Waals surface area contributed by atoms with Gasteiger partial charge < -0.3 is 9.31 Å². The molecule has 2 aromatic heterocycles. The maximum absolute atomic E-state index is 6.60. The summed E-state index contributed by atoms with van der Waals surface area (Å²) in [4.78, 5) is 14.8. The van der Waals surface area contributed by atoms with Crippen molar-refractivity contribution in [3.63, 3.8) is 0 Å². The van der Waals surface area contributed by atoms with Gasteiger partial charge in [0.25, 0.3) is 0 Å². The van der Waals surface area contributed by atoms with E-state index in [2.05, 4.69) is 113 Å². The van der Waals surface area contributed by atoms with Crippen LogP contribution in [0.3, 0.4) is 0 Å². The van der Waals surface area contributed by atoms with Crippen LogP contribution in [0.2, 0.25) is 0 Å². The molecule has 5 nitrogen and oxygen atoms in total. The van der Waals surface area contributed by atoms with Crippen molar-refractivity contribution in [3.8, 4) is 56.4 Å². The molecule has 52 heavy (non-hydrogen) atoms. The van der Waals surface area contributed by atoms with Gasteiger partial charge in [0.05, 0.1) is 11.2 Å². The van der Waals surface area contributed by atoms with Crippen molar-refractivity contribution in [2.24, 2.45) is 0 Å². The third-order valence-electron chi connectivity index (χ3n) is 10.4. The zero-order valence-electron chi connectivity index (χ0n) is 29.5. The standard InChI is InChI=1S/C45H36BN3O2S/c1-44(2)45(3,4)51-46(50-44)34-27-37(40-38(28-34)36-22-14-21-35(39(36)52-40)29-15-8-5-9-16-29)30-23-25-33(26-24-30)43-48-41(31-17-10-6-11-18-31)47-42(49-43)32-19-12-7-13-20-32/h5-28H,1-4H3. The fourth-order valence-corrected chi connectivity index (χ4v) is 8.19. The Balaban J connectivity index is 1.20. The number of fused-ring (bicyclic) bond motifs is 3. The Bertz CT molecular complexity index is 2500. The second-order valence-electron chi connectivity index (χ2n) is 14.3. The smallest absolute Gasteiger partial charge is 0.399 e. The van der Waals surface area contributed by atoms with E-state index >= 15 is 0 Å². The average Bonchev–Trinajstić information content (AvgIpc) is 3.67. The van der Waals surface area contributed by atoms with Crippen LogP contribution in [0.5, 0.6) is 0 Å². The van der Waals surface area contributed by atoms with Gasteiger partial charge in [-0.1, -0.05) is 146 Å². The topological polar surface area (TPSA) is 57.1 Å².